The van der Waals surface area contributed by atoms with Gasteiger partial charge in [0.25, 0.3) is 0 Å². The largest absolute Gasteiger partial charge is 0.378 e. The fourth-order valence-electron chi connectivity index (χ4n) is 9.36. The highest BCUT2D eigenvalue weighted by Crippen LogP contribution is 2.46. The third kappa shape index (κ3) is 10.1. The molecule has 0 aromatic carbocycles. The summed E-state index contributed by atoms with van der Waals surface area (Å²) in [6.07, 6.45) is 13.7. The number of hydrogen-bond acceptors (Lipinski definition) is 4. The van der Waals surface area contributed by atoms with Crippen molar-refractivity contribution in [1.82, 2.24) is 14.7 Å². The SMILES string of the molecule is CCC(CCCCCCC(/C(N=C(C)C)=N/C(=N)N1CCOCC1)C1CC(C)(C)N(C)C(C)(C)C1)C1CC(C)(C)N(C)C(C)(C)C1. The standard InChI is InChI=1S/C39H74N6O/c1-14-30(31-25-36(4,5)43(12)37(6,7)26-31)19-17-15-16-18-20-33(32-27-38(8,9)44(13)39(10,11)28-32)34(41-29(2)3)42-35(40)45-21-23-46-24-22-45/h30-33,40H,14-28H2,1-13H3/b40-35?,42-34-. The molecule has 3 aliphatic rings. The van der Waals surface area contributed by atoms with Gasteiger partial charge in [-0.2, -0.15) is 4.99 Å². The Morgan fingerprint density at radius 1 is 0.717 bits per heavy atom. The van der Waals surface area contributed by atoms with E-state index in [1.165, 1.54) is 51.4 Å². The number of nitrogens with one attached hydrogen (secondary N) is 1. The Morgan fingerprint density at radius 2 is 1.17 bits per heavy atom. The van der Waals surface area contributed by atoms with Crippen LogP contribution in [0.3, 0.4) is 0 Å². The van der Waals surface area contributed by atoms with Gasteiger partial charge in [0.05, 0.1) is 13.2 Å². The van der Waals surface area contributed by atoms with Crippen LogP contribution in [-0.2, 0) is 4.74 Å². The number of hydrogen-bond donors (Lipinski definition) is 1. The zero-order valence-electron chi connectivity index (χ0n) is 32.6. The van der Waals surface area contributed by atoms with E-state index in [-0.39, 0.29) is 28.1 Å². The molecule has 7 nitrogen and oxygen atoms in total. The fraction of sp³-hybridized carbons (Fsp3) is 0.923. The summed E-state index contributed by atoms with van der Waals surface area (Å²) >= 11 is 0. The van der Waals surface area contributed by atoms with Crippen LogP contribution in [0.25, 0.3) is 0 Å². The summed E-state index contributed by atoms with van der Waals surface area (Å²) in [5.74, 6) is 3.64. The molecule has 0 saturated carbocycles. The van der Waals surface area contributed by atoms with Gasteiger partial charge in [-0.25, -0.2) is 4.99 Å². The quantitative estimate of drug-likeness (QED) is 0.139. The predicted octanol–water partition coefficient (Wildman–Crippen LogP) is 8.91. The van der Waals surface area contributed by atoms with Gasteiger partial charge in [0.15, 0.2) is 0 Å². The second kappa shape index (κ2) is 15.9. The van der Waals surface area contributed by atoms with E-state index in [0.717, 1.165) is 55.7 Å². The highest BCUT2D eigenvalue weighted by Gasteiger charge is 2.47. The number of amidine groups is 1. The van der Waals surface area contributed by atoms with E-state index in [4.69, 9.17) is 20.1 Å². The molecule has 46 heavy (non-hydrogen) atoms. The molecule has 0 aromatic rings. The third-order valence-electron chi connectivity index (χ3n) is 12.5. The molecule has 3 fully saturated rings. The van der Waals surface area contributed by atoms with Crippen LogP contribution in [0.2, 0.25) is 0 Å². The van der Waals surface area contributed by atoms with Gasteiger partial charge in [-0.15, -0.1) is 0 Å². The van der Waals surface area contributed by atoms with Crippen molar-refractivity contribution in [3.05, 3.63) is 0 Å². The van der Waals surface area contributed by atoms with E-state index in [0.29, 0.717) is 25.1 Å². The Kier molecular flexibility index (Phi) is 13.6. The van der Waals surface area contributed by atoms with Gasteiger partial charge in [0.2, 0.25) is 5.96 Å². The molecule has 3 saturated heterocycles. The zero-order valence-corrected chi connectivity index (χ0v) is 32.6. The van der Waals surface area contributed by atoms with Crippen molar-refractivity contribution in [3.8, 4) is 0 Å². The van der Waals surface area contributed by atoms with E-state index in [1.807, 2.05) is 0 Å². The van der Waals surface area contributed by atoms with Crippen molar-refractivity contribution in [1.29, 1.82) is 5.41 Å². The zero-order chi connectivity index (χ0) is 34.5. The summed E-state index contributed by atoms with van der Waals surface area (Å²) in [6, 6.07) is 0. The van der Waals surface area contributed by atoms with E-state index < -0.39 is 0 Å². The minimum Gasteiger partial charge on any atom is -0.378 e. The van der Waals surface area contributed by atoms with Crippen LogP contribution in [0.1, 0.15) is 147 Å². The van der Waals surface area contributed by atoms with Gasteiger partial charge in [-0.05, 0) is 133 Å². The van der Waals surface area contributed by atoms with Crippen LogP contribution in [0.4, 0.5) is 0 Å². The van der Waals surface area contributed by atoms with Crippen LogP contribution in [0.15, 0.2) is 9.98 Å². The number of guanidine groups is 1. The first-order valence-corrected chi connectivity index (χ1v) is 18.8. The molecule has 3 rings (SSSR count). The predicted molar refractivity (Wildman–Crippen MR) is 199 cm³/mol. The number of aliphatic imine (C=N–C) groups is 2. The van der Waals surface area contributed by atoms with Crippen molar-refractivity contribution in [3.63, 3.8) is 0 Å². The topological polar surface area (TPSA) is 67.5 Å². The number of likely N-dealkylation sites (tertiary alicyclic amines) is 2. The monoisotopic (exact) mass is 643 g/mol. The number of rotatable bonds is 11. The molecule has 3 heterocycles. The molecule has 266 valence electrons. The van der Waals surface area contributed by atoms with Crippen molar-refractivity contribution in [2.45, 2.75) is 169 Å². The number of nitrogens with zero attached hydrogens (tertiary/aromatic N) is 5. The molecule has 1 N–H and O–H groups in total. The summed E-state index contributed by atoms with van der Waals surface area (Å²) in [7, 11) is 4.62. The van der Waals surface area contributed by atoms with Gasteiger partial charge in [-0.1, -0.05) is 45.4 Å². The van der Waals surface area contributed by atoms with E-state index in [2.05, 4.69) is 105 Å². The number of morpholine rings is 1. The van der Waals surface area contributed by atoms with Crippen molar-refractivity contribution >= 4 is 17.5 Å². The molecule has 0 amide bonds. The smallest absolute Gasteiger partial charge is 0.219 e. The lowest BCUT2D eigenvalue weighted by Gasteiger charge is -2.55. The molecule has 7 heteroatoms. The molecular formula is C39H74N6O. The molecule has 2 unspecified atom stereocenters. The first-order chi connectivity index (χ1) is 21.3. The molecule has 3 aliphatic heterocycles. The van der Waals surface area contributed by atoms with E-state index in [9.17, 15) is 0 Å². The lowest BCUT2D eigenvalue weighted by Crippen LogP contribution is -2.59. The average molecular weight is 643 g/mol. The Balaban J connectivity index is 1.71. The van der Waals surface area contributed by atoms with Crippen LogP contribution in [0.5, 0.6) is 0 Å². The third-order valence-corrected chi connectivity index (χ3v) is 12.5. The van der Waals surface area contributed by atoms with Gasteiger partial charge in [0.1, 0.15) is 5.84 Å². The fourth-order valence-corrected chi connectivity index (χ4v) is 9.36. The Hall–Kier alpha value is -1.31. The highest BCUT2D eigenvalue weighted by atomic mass is 16.5. The minimum atomic E-state index is 0.102. The van der Waals surface area contributed by atoms with E-state index >= 15 is 0 Å². The van der Waals surface area contributed by atoms with Crippen molar-refractivity contribution in [2.75, 3.05) is 40.4 Å². The number of ether oxygens (including phenoxy) is 1. The molecule has 0 bridgehead atoms. The first kappa shape index (κ1) is 39.1. The van der Waals surface area contributed by atoms with Crippen LogP contribution in [0, 0.1) is 29.1 Å². The van der Waals surface area contributed by atoms with E-state index in [1.54, 1.807) is 0 Å². The van der Waals surface area contributed by atoms with Crippen LogP contribution >= 0.6 is 0 Å². The maximum Gasteiger partial charge on any atom is 0.219 e. The maximum atomic E-state index is 8.93. The molecule has 0 radical (unpaired) electrons. The summed E-state index contributed by atoms with van der Waals surface area (Å²) in [5, 5.41) is 8.93. The lowest BCUT2D eigenvalue weighted by atomic mass is 9.67. The van der Waals surface area contributed by atoms with Crippen molar-refractivity contribution < 1.29 is 4.74 Å². The molecule has 0 spiro atoms. The Bertz CT molecular complexity index is 1010. The molecule has 2 atom stereocenters. The summed E-state index contributed by atoms with van der Waals surface area (Å²) < 4.78 is 5.56. The highest BCUT2D eigenvalue weighted by molar-refractivity contribution is 6.02. The summed E-state index contributed by atoms with van der Waals surface area (Å²) in [4.78, 5) is 17.4. The Morgan fingerprint density at radius 3 is 1.63 bits per heavy atom. The normalized spacial score (nSPS) is 25.7. The second-order valence-corrected chi connectivity index (χ2v) is 17.9. The average Bonchev–Trinajstić information content (AvgIpc) is 2.95. The van der Waals surface area contributed by atoms with Crippen LogP contribution in [-0.4, -0.2) is 94.8 Å². The second-order valence-electron chi connectivity index (χ2n) is 17.9. The minimum absolute atomic E-state index is 0.102. The van der Waals surface area contributed by atoms with Gasteiger partial charge in [-0.3, -0.25) is 15.2 Å². The van der Waals surface area contributed by atoms with Gasteiger partial charge in [0, 0.05) is 46.9 Å². The summed E-state index contributed by atoms with van der Waals surface area (Å²) in [5.41, 5.74) is 1.76. The van der Waals surface area contributed by atoms with Crippen LogP contribution < -0.4 is 0 Å². The first-order valence-electron chi connectivity index (χ1n) is 18.8. The van der Waals surface area contributed by atoms with Gasteiger partial charge >= 0.3 is 0 Å². The van der Waals surface area contributed by atoms with Crippen molar-refractivity contribution in [2.24, 2.45) is 33.7 Å². The number of piperidine rings is 2. The lowest BCUT2D eigenvalue weighted by molar-refractivity contribution is -0.0458. The molecule has 0 aliphatic carbocycles. The molecule has 0 aromatic heterocycles. The Labute approximate surface area is 284 Å². The maximum absolute atomic E-state index is 8.93. The molecular weight excluding hydrogens is 568 g/mol. The van der Waals surface area contributed by atoms with Gasteiger partial charge < -0.3 is 9.64 Å². The summed E-state index contributed by atoms with van der Waals surface area (Å²) in [6.45, 7) is 28.7. The number of unbranched alkanes of at least 4 members (excludes halogenated alkanes) is 3.